The van der Waals surface area contributed by atoms with E-state index in [2.05, 4.69) is 5.32 Å². The Morgan fingerprint density at radius 3 is 2.40 bits per heavy atom. The molecule has 0 rings (SSSR count). The van der Waals surface area contributed by atoms with Crippen LogP contribution in [0.3, 0.4) is 0 Å². The zero-order valence-corrected chi connectivity index (χ0v) is 3.10. The lowest BCUT2D eigenvalue weighted by Crippen LogP contribution is -1.89. The lowest BCUT2D eigenvalue weighted by molar-refractivity contribution is 0.470. The van der Waals surface area contributed by atoms with Crippen molar-refractivity contribution in [3.8, 4) is 0 Å². The highest BCUT2D eigenvalue weighted by atomic mass is 16.2. The second kappa shape index (κ2) is 3.34. The number of rotatable bonds is 1. The summed E-state index contributed by atoms with van der Waals surface area (Å²) in [6.07, 6.45) is 2.38. The molecule has 0 unspecified atom stereocenters. The Morgan fingerprint density at radius 1 is 1.80 bits per heavy atom. The minimum Gasteiger partial charge on any atom is -0.514 e. The first-order chi connectivity index (χ1) is 2.41. The monoisotopic (exact) mass is 73.1 g/mol. The van der Waals surface area contributed by atoms with Gasteiger partial charge in [-0.3, -0.25) is 0 Å². The molecule has 5 heavy (non-hydrogen) atoms. The second-order valence-corrected chi connectivity index (χ2v) is 0.604. The van der Waals surface area contributed by atoms with Gasteiger partial charge in [0.15, 0.2) is 0 Å². The molecular weight excluding hydrogens is 66.0 g/mol. The van der Waals surface area contributed by atoms with Gasteiger partial charge in [0.25, 0.3) is 0 Å². The fourth-order valence-corrected chi connectivity index (χ4v) is 0.0745. The van der Waals surface area contributed by atoms with Crippen molar-refractivity contribution in [1.82, 2.24) is 5.32 Å². The van der Waals surface area contributed by atoms with Crippen LogP contribution in [0.1, 0.15) is 0 Å². The summed E-state index contributed by atoms with van der Waals surface area (Å²) in [6, 6.07) is 0. The van der Waals surface area contributed by atoms with Crippen molar-refractivity contribution in [1.29, 1.82) is 0 Å². The molecule has 0 saturated heterocycles. The van der Waals surface area contributed by atoms with Crippen molar-refractivity contribution < 1.29 is 5.11 Å². The quantitative estimate of drug-likeness (QED) is 0.435. The Morgan fingerprint density at radius 2 is 2.40 bits per heavy atom. The molecule has 2 nitrogen and oxygen atoms in total. The summed E-state index contributed by atoms with van der Waals surface area (Å²) in [4.78, 5) is 0. The highest BCUT2D eigenvalue weighted by Gasteiger charge is 1.47. The Bertz CT molecular complexity index is 33.9. The molecule has 30 valence electrons. The SMILES string of the molecule is CN/C=C/O. The Kier molecular flexibility index (Phi) is 2.90. The molecule has 0 amide bonds. The largest absolute Gasteiger partial charge is 0.514 e. The highest BCUT2D eigenvalue weighted by molar-refractivity contribution is 4.63. The van der Waals surface area contributed by atoms with Crippen LogP contribution in [-0.2, 0) is 0 Å². The molecule has 0 spiro atoms. The van der Waals surface area contributed by atoms with Gasteiger partial charge in [-0.05, 0) is 0 Å². The van der Waals surface area contributed by atoms with Crippen molar-refractivity contribution in [2.45, 2.75) is 0 Å². The van der Waals surface area contributed by atoms with Crippen molar-refractivity contribution >= 4 is 0 Å². The molecule has 0 heterocycles. The predicted molar refractivity (Wildman–Crippen MR) is 20.8 cm³/mol. The molecule has 0 saturated carbocycles. The van der Waals surface area contributed by atoms with Gasteiger partial charge < -0.3 is 10.4 Å². The summed E-state index contributed by atoms with van der Waals surface area (Å²) in [7, 11) is 1.72. The second-order valence-electron chi connectivity index (χ2n) is 0.604. The average molecular weight is 73.1 g/mol. The Balaban J connectivity index is 2.62. The minimum absolute atomic E-state index is 0.944. The van der Waals surface area contributed by atoms with Crippen LogP contribution in [0.25, 0.3) is 0 Å². The van der Waals surface area contributed by atoms with E-state index in [1.54, 1.807) is 7.05 Å². The normalized spacial score (nSPS) is 9.00. The predicted octanol–water partition coefficient (Wildman–Crippen LogP) is 0.235. The van der Waals surface area contributed by atoms with E-state index in [1.807, 2.05) is 0 Å². The average Bonchev–Trinajstić information content (AvgIpc) is 1.41. The van der Waals surface area contributed by atoms with Gasteiger partial charge in [-0.1, -0.05) is 0 Å². The van der Waals surface area contributed by atoms with Crippen LogP contribution in [-0.4, -0.2) is 12.2 Å². The van der Waals surface area contributed by atoms with Crippen LogP contribution in [0.2, 0.25) is 0 Å². The van der Waals surface area contributed by atoms with Crippen LogP contribution >= 0.6 is 0 Å². The van der Waals surface area contributed by atoms with Crippen molar-refractivity contribution in [2.75, 3.05) is 7.05 Å². The van der Waals surface area contributed by atoms with Crippen LogP contribution in [0.5, 0.6) is 0 Å². The Hall–Kier alpha value is -0.660. The molecule has 0 bridgehead atoms. The summed E-state index contributed by atoms with van der Waals surface area (Å²) >= 11 is 0. The van der Waals surface area contributed by atoms with E-state index >= 15 is 0 Å². The molecule has 0 aromatic carbocycles. The summed E-state index contributed by atoms with van der Waals surface area (Å²) in [5, 5.41) is 10.4. The molecule has 0 aromatic rings. The van der Waals surface area contributed by atoms with E-state index in [-0.39, 0.29) is 0 Å². The molecule has 0 atom stereocenters. The fourth-order valence-electron chi connectivity index (χ4n) is 0.0745. The first-order valence-electron chi connectivity index (χ1n) is 1.38. The highest BCUT2D eigenvalue weighted by Crippen LogP contribution is 1.47. The van der Waals surface area contributed by atoms with Crippen LogP contribution < -0.4 is 5.32 Å². The van der Waals surface area contributed by atoms with E-state index < -0.39 is 0 Å². The fraction of sp³-hybridized carbons (Fsp3) is 0.333. The lowest BCUT2D eigenvalue weighted by Gasteiger charge is -1.74. The first kappa shape index (κ1) is 4.34. The van der Waals surface area contributed by atoms with Crippen molar-refractivity contribution in [2.24, 2.45) is 0 Å². The van der Waals surface area contributed by atoms with E-state index in [4.69, 9.17) is 5.11 Å². The molecule has 0 aliphatic carbocycles. The Labute approximate surface area is 31.1 Å². The number of nitrogens with one attached hydrogen (secondary N) is 1. The first-order valence-corrected chi connectivity index (χ1v) is 1.38. The molecule has 0 aliphatic heterocycles. The maximum absolute atomic E-state index is 7.82. The van der Waals surface area contributed by atoms with Gasteiger partial charge in [0.1, 0.15) is 0 Å². The van der Waals surface area contributed by atoms with Gasteiger partial charge in [0, 0.05) is 13.2 Å². The molecule has 0 aromatic heterocycles. The molecule has 0 aliphatic rings. The van der Waals surface area contributed by atoms with Crippen molar-refractivity contribution in [3.63, 3.8) is 0 Å². The maximum atomic E-state index is 7.82. The molecule has 0 fully saturated rings. The summed E-state index contributed by atoms with van der Waals surface area (Å²) < 4.78 is 0. The maximum Gasteiger partial charge on any atom is 0.0948 e. The smallest absolute Gasteiger partial charge is 0.0948 e. The van der Waals surface area contributed by atoms with Gasteiger partial charge in [-0.25, -0.2) is 0 Å². The van der Waals surface area contributed by atoms with E-state index in [0.717, 1.165) is 6.26 Å². The number of hydrogen-bond acceptors (Lipinski definition) is 2. The summed E-state index contributed by atoms with van der Waals surface area (Å²) in [6.45, 7) is 0. The standard InChI is InChI=1S/C3H7NO/c1-4-2-3-5/h2-5H,1H3/b3-2+. The minimum atomic E-state index is 0.944. The summed E-state index contributed by atoms with van der Waals surface area (Å²) in [5.74, 6) is 0. The van der Waals surface area contributed by atoms with Crippen LogP contribution in [0.4, 0.5) is 0 Å². The van der Waals surface area contributed by atoms with Gasteiger partial charge in [0.05, 0.1) is 6.26 Å². The number of hydrogen-bond donors (Lipinski definition) is 2. The molecule has 2 N–H and O–H groups in total. The summed E-state index contributed by atoms with van der Waals surface area (Å²) in [5.41, 5.74) is 0. The molecular formula is C3H7NO. The van der Waals surface area contributed by atoms with E-state index in [9.17, 15) is 0 Å². The topological polar surface area (TPSA) is 32.3 Å². The van der Waals surface area contributed by atoms with Gasteiger partial charge >= 0.3 is 0 Å². The third-order valence-electron chi connectivity index (χ3n) is 0.241. The molecule has 0 radical (unpaired) electrons. The van der Waals surface area contributed by atoms with Gasteiger partial charge in [-0.15, -0.1) is 0 Å². The van der Waals surface area contributed by atoms with E-state index in [1.165, 1.54) is 6.20 Å². The van der Waals surface area contributed by atoms with Crippen LogP contribution in [0.15, 0.2) is 12.5 Å². The number of aliphatic hydroxyl groups excluding tert-OH is 1. The zero-order valence-electron chi connectivity index (χ0n) is 3.10. The third kappa shape index (κ3) is 3.34. The van der Waals surface area contributed by atoms with Crippen LogP contribution in [0, 0.1) is 0 Å². The van der Waals surface area contributed by atoms with Gasteiger partial charge in [0.2, 0.25) is 0 Å². The zero-order chi connectivity index (χ0) is 4.12. The van der Waals surface area contributed by atoms with Gasteiger partial charge in [-0.2, -0.15) is 0 Å². The number of aliphatic hydroxyl groups is 1. The van der Waals surface area contributed by atoms with E-state index in [0.29, 0.717) is 0 Å². The lowest BCUT2D eigenvalue weighted by atomic mass is 11.0. The third-order valence-corrected chi connectivity index (χ3v) is 0.241. The molecule has 2 heteroatoms. The van der Waals surface area contributed by atoms with Crippen molar-refractivity contribution in [3.05, 3.63) is 12.5 Å².